The zero-order chi connectivity index (χ0) is 15.4. The molecule has 0 amide bonds. The Labute approximate surface area is 131 Å². The van der Waals surface area contributed by atoms with E-state index in [9.17, 15) is 4.79 Å². The van der Waals surface area contributed by atoms with Gasteiger partial charge in [-0.3, -0.25) is 0 Å². The molecule has 0 aliphatic rings. The second-order valence-electron chi connectivity index (χ2n) is 4.49. The summed E-state index contributed by atoms with van der Waals surface area (Å²) in [7, 11) is 1.76. The summed E-state index contributed by atoms with van der Waals surface area (Å²) in [5, 5.41) is 4.92. The number of para-hydroxylation sites is 1. The number of aromatic nitrogens is 1. The number of hydrogen-bond acceptors (Lipinski definition) is 6. The Morgan fingerprint density at radius 1 is 1.32 bits per heavy atom. The van der Waals surface area contributed by atoms with Crippen LogP contribution in [-0.2, 0) is 11.3 Å². The number of anilines is 1. The number of esters is 1. The van der Waals surface area contributed by atoms with Crippen LogP contribution in [-0.4, -0.2) is 18.0 Å². The van der Waals surface area contributed by atoms with E-state index in [0.717, 1.165) is 10.6 Å². The highest BCUT2D eigenvalue weighted by Crippen LogP contribution is 2.24. The average Bonchev–Trinajstić information content (AvgIpc) is 3.23. The number of nitrogens with one attached hydrogen (secondary N) is 1. The number of carbonyl (C=O) groups excluding carboxylic acids is 1. The summed E-state index contributed by atoms with van der Waals surface area (Å²) in [5.41, 5.74) is 1.80. The summed E-state index contributed by atoms with van der Waals surface area (Å²) in [5.74, 6) is 0.141. The minimum atomic E-state index is -0.398. The fraction of sp³-hybridized carbons (Fsp3) is 0.125. The molecule has 112 valence electrons. The SMILES string of the molecule is CNc1ccccc1C(=O)OCc1coc(-c2cccs2)n1. The first-order chi connectivity index (χ1) is 10.8. The van der Waals surface area contributed by atoms with Crippen LogP contribution < -0.4 is 5.32 Å². The predicted octanol–water partition coefficient (Wildman–Crippen LogP) is 3.80. The van der Waals surface area contributed by atoms with Crippen LogP contribution in [0.2, 0.25) is 0 Å². The molecule has 2 aromatic heterocycles. The molecule has 0 aliphatic carbocycles. The maximum atomic E-state index is 12.1. The summed E-state index contributed by atoms with van der Waals surface area (Å²) in [6, 6.07) is 11.0. The molecule has 0 radical (unpaired) electrons. The molecule has 1 aromatic carbocycles. The number of ether oxygens (including phenoxy) is 1. The molecule has 1 N–H and O–H groups in total. The van der Waals surface area contributed by atoms with Gasteiger partial charge in [-0.1, -0.05) is 18.2 Å². The topological polar surface area (TPSA) is 64.4 Å². The van der Waals surface area contributed by atoms with Gasteiger partial charge < -0.3 is 14.5 Å². The summed E-state index contributed by atoms with van der Waals surface area (Å²) < 4.78 is 10.7. The lowest BCUT2D eigenvalue weighted by atomic mass is 10.2. The molecule has 3 aromatic rings. The predicted molar refractivity (Wildman–Crippen MR) is 84.9 cm³/mol. The second-order valence-corrected chi connectivity index (χ2v) is 5.44. The molecule has 22 heavy (non-hydrogen) atoms. The van der Waals surface area contributed by atoms with Gasteiger partial charge in [0.1, 0.15) is 18.6 Å². The van der Waals surface area contributed by atoms with Crippen LogP contribution in [0.3, 0.4) is 0 Å². The minimum Gasteiger partial charge on any atom is -0.455 e. The summed E-state index contributed by atoms with van der Waals surface area (Å²) in [6.07, 6.45) is 1.51. The molecule has 2 heterocycles. The van der Waals surface area contributed by atoms with Crippen molar-refractivity contribution in [2.45, 2.75) is 6.61 Å². The Kier molecular flexibility index (Phi) is 4.20. The van der Waals surface area contributed by atoms with E-state index in [1.165, 1.54) is 6.26 Å². The number of carbonyl (C=O) groups is 1. The number of rotatable bonds is 5. The minimum absolute atomic E-state index is 0.0752. The van der Waals surface area contributed by atoms with Gasteiger partial charge in [0.15, 0.2) is 0 Å². The van der Waals surface area contributed by atoms with Gasteiger partial charge in [0, 0.05) is 12.7 Å². The van der Waals surface area contributed by atoms with Crippen LogP contribution in [0.15, 0.2) is 52.5 Å². The van der Waals surface area contributed by atoms with Crippen molar-refractivity contribution >= 4 is 23.0 Å². The van der Waals surface area contributed by atoms with Gasteiger partial charge in [-0.2, -0.15) is 0 Å². The molecule has 3 rings (SSSR count). The van der Waals surface area contributed by atoms with Crippen LogP contribution >= 0.6 is 11.3 Å². The maximum absolute atomic E-state index is 12.1. The zero-order valence-corrected chi connectivity index (χ0v) is 12.7. The van der Waals surface area contributed by atoms with Gasteiger partial charge in [-0.25, -0.2) is 9.78 Å². The molecule has 0 unspecified atom stereocenters. The van der Waals surface area contributed by atoms with E-state index in [1.807, 2.05) is 29.6 Å². The molecular formula is C16H14N2O3S. The Morgan fingerprint density at radius 2 is 2.18 bits per heavy atom. The van der Waals surface area contributed by atoms with Gasteiger partial charge in [-0.15, -0.1) is 11.3 Å². The van der Waals surface area contributed by atoms with Gasteiger partial charge >= 0.3 is 5.97 Å². The van der Waals surface area contributed by atoms with E-state index in [4.69, 9.17) is 9.15 Å². The standard InChI is InChI=1S/C16H14N2O3S/c1-17-13-6-3-2-5-12(13)16(19)21-10-11-9-20-15(18-11)14-7-4-8-22-14/h2-9,17H,10H2,1H3. The van der Waals surface area contributed by atoms with E-state index in [0.29, 0.717) is 17.1 Å². The smallest absolute Gasteiger partial charge is 0.340 e. The van der Waals surface area contributed by atoms with Gasteiger partial charge in [0.2, 0.25) is 5.89 Å². The van der Waals surface area contributed by atoms with Crippen molar-refractivity contribution in [2.75, 3.05) is 12.4 Å². The van der Waals surface area contributed by atoms with Gasteiger partial charge in [0.25, 0.3) is 0 Å². The van der Waals surface area contributed by atoms with Gasteiger partial charge in [-0.05, 0) is 23.6 Å². The number of benzene rings is 1. The summed E-state index contributed by atoms with van der Waals surface area (Å²) >= 11 is 1.54. The lowest BCUT2D eigenvalue weighted by Crippen LogP contribution is -2.08. The highest BCUT2D eigenvalue weighted by molar-refractivity contribution is 7.13. The lowest BCUT2D eigenvalue weighted by Gasteiger charge is -2.07. The molecule has 0 bridgehead atoms. The fourth-order valence-corrected chi connectivity index (χ4v) is 2.64. The van der Waals surface area contributed by atoms with Gasteiger partial charge in [0.05, 0.1) is 10.4 Å². The maximum Gasteiger partial charge on any atom is 0.340 e. The molecule has 0 spiro atoms. The molecule has 6 heteroatoms. The molecule has 0 aliphatic heterocycles. The van der Waals surface area contributed by atoms with E-state index in [2.05, 4.69) is 10.3 Å². The van der Waals surface area contributed by atoms with Crippen molar-refractivity contribution in [3.8, 4) is 10.8 Å². The lowest BCUT2D eigenvalue weighted by molar-refractivity contribution is 0.0469. The number of nitrogens with zero attached hydrogens (tertiary/aromatic N) is 1. The van der Waals surface area contributed by atoms with Crippen molar-refractivity contribution < 1.29 is 13.9 Å². The van der Waals surface area contributed by atoms with Crippen LogP contribution in [0.1, 0.15) is 16.1 Å². The third-order valence-electron chi connectivity index (χ3n) is 3.05. The molecule has 0 atom stereocenters. The number of hydrogen-bond donors (Lipinski definition) is 1. The second kappa shape index (κ2) is 6.44. The van der Waals surface area contributed by atoms with Crippen molar-refractivity contribution in [2.24, 2.45) is 0 Å². The normalized spacial score (nSPS) is 10.4. The summed E-state index contributed by atoms with van der Waals surface area (Å²) in [6.45, 7) is 0.0752. The van der Waals surface area contributed by atoms with Crippen LogP contribution in [0.5, 0.6) is 0 Å². The Bertz CT molecular complexity index is 765. The largest absolute Gasteiger partial charge is 0.455 e. The van der Waals surface area contributed by atoms with E-state index >= 15 is 0 Å². The van der Waals surface area contributed by atoms with Crippen molar-refractivity contribution in [3.63, 3.8) is 0 Å². The third-order valence-corrected chi connectivity index (χ3v) is 3.91. The fourth-order valence-electron chi connectivity index (χ4n) is 1.98. The first-order valence-corrected chi connectivity index (χ1v) is 7.58. The number of thiophene rings is 1. The summed E-state index contributed by atoms with van der Waals surface area (Å²) in [4.78, 5) is 17.4. The molecule has 0 fully saturated rings. The first-order valence-electron chi connectivity index (χ1n) is 6.70. The monoisotopic (exact) mass is 314 g/mol. The average molecular weight is 314 g/mol. The van der Waals surface area contributed by atoms with Crippen LogP contribution in [0.4, 0.5) is 5.69 Å². The highest BCUT2D eigenvalue weighted by atomic mass is 32.1. The first kappa shape index (κ1) is 14.3. The Hall–Kier alpha value is -2.60. The third kappa shape index (κ3) is 3.01. The molecule has 0 saturated heterocycles. The zero-order valence-electron chi connectivity index (χ0n) is 11.9. The Morgan fingerprint density at radius 3 is 2.95 bits per heavy atom. The van der Waals surface area contributed by atoms with E-state index < -0.39 is 5.97 Å². The van der Waals surface area contributed by atoms with Crippen LogP contribution in [0.25, 0.3) is 10.8 Å². The van der Waals surface area contributed by atoms with Crippen molar-refractivity contribution in [1.29, 1.82) is 0 Å². The van der Waals surface area contributed by atoms with E-state index in [1.54, 1.807) is 30.5 Å². The van der Waals surface area contributed by atoms with Crippen LogP contribution in [0, 0.1) is 0 Å². The molecular weight excluding hydrogens is 300 g/mol. The highest BCUT2D eigenvalue weighted by Gasteiger charge is 2.13. The number of oxazole rings is 1. The quantitative estimate of drug-likeness (QED) is 0.726. The molecule has 5 nitrogen and oxygen atoms in total. The van der Waals surface area contributed by atoms with E-state index in [-0.39, 0.29) is 6.61 Å². The Balaban J connectivity index is 1.66. The molecule has 0 saturated carbocycles. The van der Waals surface area contributed by atoms with Crippen molar-refractivity contribution in [1.82, 2.24) is 4.98 Å². The van der Waals surface area contributed by atoms with Crippen molar-refractivity contribution in [3.05, 3.63) is 59.3 Å².